The van der Waals surface area contributed by atoms with Gasteiger partial charge in [-0.3, -0.25) is 9.36 Å². The van der Waals surface area contributed by atoms with Gasteiger partial charge in [-0.15, -0.1) is 0 Å². The summed E-state index contributed by atoms with van der Waals surface area (Å²) in [6.07, 6.45) is -1.90. The second-order valence-electron chi connectivity index (χ2n) is 6.84. The first-order valence-electron chi connectivity index (χ1n) is 9.40. The topological polar surface area (TPSA) is 116 Å². The van der Waals surface area contributed by atoms with Crippen LogP contribution < -0.4 is 10.3 Å². The van der Waals surface area contributed by atoms with E-state index in [1.54, 1.807) is 20.0 Å². The van der Waals surface area contributed by atoms with Crippen LogP contribution in [0.25, 0.3) is 0 Å². The van der Waals surface area contributed by atoms with Crippen molar-refractivity contribution in [2.75, 3.05) is 53.7 Å². The van der Waals surface area contributed by atoms with Gasteiger partial charge in [0.25, 0.3) is 5.56 Å². The minimum atomic E-state index is -1.05. The lowest BCUT2D eigenvalue weighted by Gasteiger charge is -2.25. The van der Waals surface area contributed by atoms with Crippen LogP contribution in [0, 0.1) is 6.92 Å². The highest BCUT2D eigenvalue weighted by atomic mass is 16.6. The van der Waals surface area contributed by atoms with E-state index in [1.165, 1.54) is 4.57 Å². The molecule has 1 aliphatic rings. The Morgan fingerprint density at radius 2 is 2.07 bits per heavy atom. The quantitative estimate of drug-likeness (QED) is 0.458. The highest BCUT2D eigenvalue weighted by molar-refractivity contribution is 5.11. The zero-order chi connectivity index (χ0) is 20.7. The average molecular weight is 401 g/mol. The molecular formula is C18H31N3O7. The normalized spacial score (nSPS) is 24.8. The molecule has 2 heterocycles. The Balaban J connectivity index is 2.12. The molecule has 0 aromatic carbocycles. The predicted molar refractivity (Wildman–Crippen MR) is 101 cm³/mol. The monoisotopic (exact) mass is 401 g/mol. The highest BCUT2D eigenvalue weighted by Gasteiger charge is 2.46. The van der Waals surface area contributed by atoms with Gasteiger partial charge in [-0.25, -0.2) is 0 Å². The summed E-state index contributed by atoms with van der Waals surface area (Å²) >= 11 is 0. The molecule has 4 atom stereocenters. The molecule has 0 spiro atoms. The fourth-order valence-corrected chi connectivity index (χ4v) is 2.84. The van der Waals surface area contributed by atoms with Crippen LogP contribution in [-0.4, -0.2) is 96.7 Å². The molecule has 1 aromatic heterocycles. The maximum atomic E-state index is 11.9. The summed E-state index contributed by atoms with van der Waals surface area (Å²) in [4.78, 5) is 17.8. The highest BCUT2D eigenvalue weighted by Crippen LogP contribution is 2.33. The smallest absolute Gasteiger partial charge is 0.301 e. The number of aryl methyl sites for hydroxylation is 1. The standard InChI is InChI=1S/C18H31N3O7/c1-5-26-18-19-16(24)12(2)10-21(18)17-15(14(23)13(11-22)28-17)27-9-8-25-7-6-20(3)4/h10,13-15,17,22-23H,5-9,11H2,1-4H3/t13-,14?,15+,17-/m1/s1. The van der Waals surface area contributed by atoms with Gasteiger partial charge in [0.05, 0.1) is 33.0 Å². The van der Waals surface area contributed by atoms with Crippen LogP contribution in [0.1, 0.15) is 18.7 Å². The van der Waals surface area contributed by atoms with E-state index in [0.29, 0.717) is 25.4 Å². The summed E-state index contributed by atoms with van der Waals surface area (Å²) in [7, 11) is 3.92. The molecule has 0 amide bonds. The van der Waals surface area contributed by atoms with Crippen molar-refractivity contribution < 1.29 is 29.2 Å². The molecule has 0 radical (unpaired) electrons. The van der Waals surface area contributed by atoms with Gasteiger partial charge in [-0.05, 0) is 27.9 Å². The maximum Gasteiger partial charge on any atom is 0.301 e. The van der Waals surface area contributed by atoms with E-state index in [0.717, 1.165) is 6.54 Å². The van der Waals surface area contributed by atoms with E-state index < -0.39 is 30.1 Å². The number of aliphatic hydroxyl groups excluding tert-OH is 2. The Hall–Kier alpha value is -1.56. The Labute approximate surface area is 164 Å². The molecule has 10 heteroatoms. The number of aromatic nitrogens is 2. The largest absolute Gasteiger partial charge is 0.465 e. The van der Waals surface area contributed by atoms with Crippen molar-refractivity contribution in [2.45, 2.75) is 38.4 Å². The van der Waals surface area contributed by atoms with Gasteiger partial charge in [0.15, 0.2) is 6.23 Å². The molecule has 2 rings (SSSR count). The first-order valence-corrected chi connectivity index (χ1v) is 9.40. The van der Waals surface area contributed by atoms with Crippen LogP contribution in [0.15, 0.2) is 11.0 Å². The summed E-state index contributed by atoms with van der Waals surface area (Å²) < 4.78 is 24.1. The van der Waals surface area contributed by atoms with Crippen LogP contribution in [0.5, 0.6) is 6.01 Å². The summed E-state index contributed by atoms with van der Waals surface area (Å²) in [6, 6.07) is 0.0738. The van der Waals surface area contributed by atoms with Gasteiger partial charge in [0, 0.05) is 18.3 Å². The summed E-state index contributed by atoms with van der Waals surface area (Å²) in [5.74, 6) is 0. The second kappa shape index (κ2) is 10.8. The van der Waals surface area contributed by atoms with Gasteiger partial charge in [-0.1, -0.05) is 0 Å². The third-order valence-electron chi connectivity index (χ3n) is 4.35. The molecule has 0 aliphatic carbocycles. The molecule has 1 unspecified atom stereocenters. The fraction of sp³-hybridized carbons (Fsp3) is 0.778. The van der Waals surface area contributed by atoms with E-state index in [1.807, 2.05) is 19.0 Å². The fourth-order valence-electron chi connectivity index (χ4n) is 2.84. The van der Waals surface area contributed by atoms with Crippen molar-refractivity contribution in [2.24, 2.45) is 0 Å². The molecule has 1 fully saturated rings. The molecule has 160 valence electrons. The number of ether oxygens (including phenoxy) is 4. The lowest BCUT2D eigenvalue weighted by atomic mass is 10.1. The lowest BCUT2D eigenvalue weighted by molar-refractivity contribution is -0.0860. The zero-order valence-electron chi connectivity index (χ0n) is 16.9. The maximum absolute atomic E-state index is 11.9. The van der Waals surface area contributed by atoms with Gasteiger partial charge in [-0.2, -0.15) is 4.98 Å². The van der Waals surface area contributed by atoms with E-state index in [9.17, 15) is 15.0 Å². The zero-order valence-corrected chi connectivity index (χ0v) is 16.9. The van der Waals surface area contributed by atoms with Crippen molar-refractivity contribution in [3.63, 3.8) is 0 Å². The van der Waals surface area contributed by atoms with Gasteiger partial charge in [0.2, 0.25) is 0 Å². The van der Waals surface area contributed by atoms with Crippen molar-refractivity contribution in [1.82, 2.24) is 14.5 Å². The molecule has 10 nitrogen and oxygen atoms in total. The third-order valence-corrected chi connectivity index (χ3v) is 4.35. The molecule has 1 aromatic rings. The van der Waals surface area contributed by atoms with Crippen molar-refractivity contribution >= 4 is 0 Å². The molecule has 2 N–H and O–H groups in total. The van der Waals surface area contributed by atoms with Crippen LogP contribution in [0.4, 0.5) is 0 Å². The first kappa shape index (κ1) is 22.7. The van der Waals surface area contributed by atoms with Crippen LogP contribution in [0.2, 0.25) is 0 Å². The summed E-state index contributed by atoms with van der Waals surface area (Å²) in [6.45, 7) is 5.30. The number of hydrogen-bond donors (Lipinski definition) is 2. The first-order chi connectivity index (χ1) is 13.4. The average Bonchev–Trinajstić information content (AvgIpc) is 2.96. The van der Waals surface area contributed by atoms with Crippen LogP contribution in [-0.2, 0) is 14.2 Å². The Morgan fingerprint density at radius 1 is 1.32 bits per heavy atom. The number of likely N-dealkylation sites (N-methyl/N-ethyl adjacent to an activating group) is 1. The Kier molecular flexibility index (Phi) is 8.80. The SMILES string of the molecule is CCOc1nc(=O)c(C)cn1[C@@H]1O[C@H](CO)C(O)[C@@H]1OCCOCCN(C)C. The predicted octanol–water partition coefficient (Wildman–Crippen LogP) is -0.836. The number of nitrogens with zero attached hydrogens (tertiary/aromatic N) is 3. The summed E-state index contributed by atoms with van der Waals surface area (Å²) in [5, 5.41) is 20.0. The van der Waals surface area contributed by atoms with Gasteiger partial charge >= 0.3 is 6.01 Å². The van der Waals surface area contributed by atoms with Gasteiger partial charge < -0.3 is 34.1 Å². The number of hydrogen-bond acceptors (Lipinski definition) is 9. The van der Waals surface area contributed by atoms with E-state index >= 15 is 0 Å². The van der Waals surface area contributed by atoms with Crippen LogP contribution >= 0.6 is 0 Å². The summed E-state index contributed by atoms with van der Waals surface area (Å²) in [5.41, 5.74) is 0.00322. The number of aliphatic hydroxyl groups is 2. The minimum absolute atomic E-state index is 0.0738. The molecule has 1 aliphatic heterocycles. The Morgan fingerprint density at radius 3 is 2.71 bits per heavy atom. The minimum Gasteiger partial charge on any atom is -0.465 e. The van der Waals surface area contributed by atoms with E-state index in [2.05, 4.69) is 4.98 Å². The lowest BCUT2D eigenvalue weighted by Crippen LogP contribution is -2.37. The molecule has 28 heavy (non-hydrogen) atoms. The van der Waals surface area contributed by atoms with Crippen molar-refractivity contribution in [1.29, 1.82) is 0 Å². The van der Waals surface area contributed by atoms with Crippen molar-refractivity contribution in [3.05, 3.63) is 22.1 Å². The molecule has 1 saturated heterocycles. The second-order valence-corrected chi connectivity index (χ2v) is 6.84. The number of rotatable bonds is 11. The Bertz CT molecular complexity index is 667. The van der Waals surface area contributed by atoms with Gasteiger partial charge in [0.1, 0.15) is 18.3 Å². The van der Waals surface area contributed by atoms with E-state index in [4.69, 9.17) is 18.9 Å². The molecular weight excluding hydrogens is 370 g/mol. The third kappa shape index (κ3) is 5.72. The molecule has 0 bridgehead atoms. The van der Waals surface area contributed by atoms with E-state index in [-0.39, 0.29) is 19.2 Å². The molecule has 0 saturated carbocycles. The van der Waals surface area contributed by atoms with Crippen LogP contribution in [0.3, 0.4) is 0 Å². The van der Waals surface area contributed by atoms with Crippen molar-refractivity contribution in [3.8, 4) is 6.01 Å².